The molecule has 2 nitrogen and oxygen atoms in total. The van der Waals surface area contributed by atoms with Crippen LogP contribution in [0.25, 0.3) is 44.5 Å². The Morgan fingerprint density at radius 1 is 0.263 bits per heavy atom. The highest BCUT2D eigenvalue weighted by atomic mass is 16.5. The van der Waals surface area contributed by atoms with Gasteiger partial charge in [-0.2, -0.15) is 0 Å². The van der Waals surface area contributed by atoms with E-state index in [4.69, 9.17) is 9.47 Å². The summed E-state index contributed by atoms with van der Waals surface area (Å²) in [6, 6.07) is 49.9. The van der Waals surface area contributed by atoms with E-state index >= 15 is 0 Å². The van der Waals surface area contributed by atoms with Gasteiger partial charge in [0.2, 0.25) is 0 Å². The second kappa shape index (κ2) is 9.42. The highest BCUT2D eigenvalue weighted by molar-refractivity contribution is 5.86. The van der Waals surface area contributed by atoms with Gasteiger partial charge in [0.25, 0.3) is 0 Å². The van der Waals surface area contributed by atoms with Crippen LogP contribution in [0.5, 0.6) is 23.0 Å². The molecule has 0 N–H and O–H groups in total. The van der Waals surface area contributed by atoms with Gasteiger partial charge in [-0.1, -0.05) is 109 Å². The van der Waals surface area contributed by atoms with Crippen molar-refractivity contribution in [2.24, 2.45) is 0 Å². The van der Waals surface area contributed by atoms with Crippen LogP contribution in [0.3, 0.4) is 0 Å². The van der Waals surface area contributed by atoms with E-state index in [0.717, 1.165) is 67.5 Å². The van der Waals surface area contributed by atoms with Crippen LogP contribution in [0.1, 0.15) is 0 Å². The molecule has 1 heterocycles. The molecule has 0 saturated carbocycles. The van der Waals surface area contributed by atoms with Crippen molar-refractivity contribution in [1.29, 1.82) is 0 Å². The summed E-state index contributed by atoms with van der Waals surface area (Å²) in [7, 11) is 0. The molecule has 6 aromatic carbocycles. The summed E-state index contributed by atoms with van der Waals surface area (Å²) in [4.78, 5) is 0. The summed E-state index contributed by atoms with van der Waals surface area (Å²) < 4.78 is 13.5. The van der Waals surface area contributed by atoms with Crippen LogP contribution in [0.15, 0.2) is 146 Å². The number of hydrogen-bond acceptors (Lipinski definition) is 2. The fourth-order valence-corrected chi connectivity index (χ4v) is 5.07. The predicted octanol–water partition coefficient (Wildman–Crippen LogP) is 10.3. The summed E-state index contributed by atoms with van der Waals surface area (Å²) in [5.74, 6) is 3.15. The Balaban J connectivity index is 1.50. The van der Waals surface area contributed by atoms with E-state index in [2.05, 4.69) is 97.1 Å². The van der Waals surface area contributed by atoms with E-state index in [9.17, 15) is 0 Å². The standard InChI is InChI=1S/C36H24O2/c1-3-11-25(12-4-1)27-20-22-35-32(23-27)31-21-19-28(26-13-5-2-6-14-26)24-36(31)38-34-18-10-8-16-30(34)29-15-7-9-17-33(29)37-35/h1-24H. The van der Waals surface area contributed by atoms with E-state index in [-0.39, 0.29) is 0 Å². The summed E-state index contributed by atoms with van der Waals surface area (Å²) in [6.45, 7) is 0. The van der Waals surface area contributed by atoms with Gasteiger partial charge in [-0.05, 0) is 58.7 Å². The Morgan fingerprint density at radius 3 is 1.34 bits per heavy atom. The molecule has 2 heteroatoms. The molecule has 180 valence electrons. The number of benzene rings is 6. The van der Waals surface area contributed by atoms with Gasteiger partial charge in [0.1, 0.15) is 23.0 Å². The molecular weight excluding hydrogens is 464 g/mol. The van der Waals surface area contributed by atoms with Crippen molar-refractivity contribution in [3.05, 3.63) is 146 Å². The lowest BCUT2D eigenvalue weighted by atomic mass is 9.95. The fourth-order valence-electron chi connectivity index (χ4n) is 5.07. The summed E-state index contributed by atoms with van der Waals surface area (Å²) in [6.07, 6.45) is 0. The maximum atomic E-state index is 6.78. The van der Waals surface area contributed by atoms with Crippen molar-refractivity contribution < 1.29 is 9.47 Å². The van der Waals surface area contributed by atoms with Crippen LogP contribution in [0.4, 0.5) is 0 Å². The first-order valence-electron chi connectivity index (χ1n) is 12.8. The molecule has 0 saturated heterocycles. The zero-order chi connectivity index (χ0) is 25.3. The minimum Gasteiger partial charge on any atom is -0.456 e. The molecule has 0 atom stereocenters. The fraction of sp³-hybridized carbons (Fsp3) is 0. The van der Waals surface area contributed by atoms with Gasteiger partial charge in [-0.3, -0.25) is 0 Å². The molecule has 0 aromatic heterocycles. The van der Waals surface area contributed by atoms with Crippen LogP contribution in [0, 0.1) is 0 Å². The molecule has 0 bridgehead atoms. The van der Waals surface area contributed by atoms with Gasteiger partial charge in [0.15, 0.2) is 0 Å². The molecule has 6 aromatic rings. The Hall–Kier alpha value is -5.08. The lowest BCUT2D eigenvalue weighted by Gasteiger charge is -2.22. The van der Waals surface area contributed by atoms with E-state index < -0.39 is 0 Å². The Morgan fingerprint density at radius 2 is 0.711 bits per heavy atom. The topological polar surface area (TPSA) is 18.5 Å². The SMILES string of the molecule is c1ccc(-c2ccc3c(c2)Oc2ccccc2-c2ccccc2Oc2ccc(-c4ccccc4)cc2-3)cc1. The molecule has 0 unspecified atom stereocenters. The van der Waals surface area contributed by atoms with Gasteiger partial charge >= 0.3 is 0 Å². The molecule has 7 rings (SSSR count). The first kappa shape index (κ1) is 22.1. The smallest absolute Gasteiger partial charge is 0.136 e. The minimum atomic E-state index is 0.785. The third kappa shape index (κ3) is 4.03. The highest BCUT2D eigenvalue weighted by Gasteiger charge is 2.21. The molecule has 0 amide bonds. The Bertz CT molecular complexity index is 1750. The molecular formula is C36H24O2. The van der Waals surface area contributed by atoms with Crippen molar-refractivity contribution in [3.8, 4) is 67.5 Å². The quantitative estimate of drug-likeness (QED) is 0.241. The van der Waals surface area contributed by atoms with Gasteiger partial charge in [0.05, 0.1) is 0 Å². The maximum Gasteiger partial charge on any atom is 0.136 e. The first-order chi connectivity index (χ1) is 18.8. The Labute approximate surface area is 222 Å². The van der Waals surface area contributed by atoms with Crippen LogP contribution in [-0.4, -0.2) is 0 Å². The zero-order valence-electron chi connectivity index (χ0n) is 20.7. The molecule has 0 fully saturated rings. The van der Waals surface area contributed by atoms with Crippen molar-refractivity contribution >= 4 is 0 Å². The summed E-state index contributed by atoms with van der Waals surface area (Å²) in [5, 5.41) is 0. The van der Waals surface area contributed by atoms with Crippen molar-refractivity contribution in [3.63, 3.8) is 0 Å². The third-order valence-corrected chi connectivity index (χ3v) is 6.97. The second-order valence-electron chi connectivity index (χ2n) is 9.35. The van der Waals surface area contributed by atoms with E-state index in [1.54, 1.807) is 0 Å². The normalized spacial score (nSPS) is 11.6. The molecule has 38 heavy (non-hydrogen) atoms. The third-order valence-electron chi connectivity index (χ3n) is 6.97. The maximum absolute atomic E-state index is 6.78. The highest BCUT2D eigenvalue weighted by Crippen LogP contribution is 2.48. The average molecular weight is 489 g/mol. The van der Waals surface area contributed by atoms with Crippen LogP contribution in [0.2, 0.25) is 0 Å². The lowest BCUT2D eigenvalue weighted by molar-refractivity contribution is 0.472. The van der Waals surface area contributed by atoms with Gasteiger partial charge in [0, 0.05) is 22.3 Å². The monoisotopic (exact) mass is 488 g/mol. The van der Waals surface area contributed by atoms with E-state index in [1.807, 2.05) is 48.5 Å². The number of ether oxygens (including phenoxy) is 2. The van der Waals surface area contributed by atoms with Crippen LogP contribution in [-0.2, 0) is 0 Å². The number of rotatable bonds is 2. The van der Waals surface area contributed by atoms with Crippen LogP contribution >= 0.6 is 0 Å². The summed E-state index contributed by atoms with van der Waals surface area (Å²) in [5.41, 5.74) is 8.46. The second-order valence-corrected chi connectivity index (χ2v) is 9.35. The van der Waals surface area contributed by atoms with Crippen LogP contribution < -0.4 is 9.47 Å². The average Bonchev–Trinajstić information content (AvgIpc) is 2.99. The number of para-hydroxylation sites is 2. The van der Waals surface area contributed by atoms with Crippen molar-refractivity contribution in [1.82, 2.24) is 0 Å². The zero-order valence-corrected chi connectivity index (χ0v) is 20.7. The molecule has 0 aliphatic carbocycles. The minimum absolute atomic E-state index is 0.785. The number of fused-ring (bicyclic) bond motifs is 6. The van der Waals surface area contributed by atoms with E-state index in [0.29, 0.717) is 0 Å². The first-order valence-corrected chi connectivity index (χ1v) is 12.8. The molecule has 0 spiro atoms. The van der Waals surface area contributed by atoms with Gasteiger partial charge < -0.3 is 9.47 Å². The Kier molecular flexibility index (Phi) is 5.49. The number of hydrogen-bond donors (Lipinski definition) is 0. The van der Waals surface area contributed by atoms with Crippen molar-refractivity contribution in [2.45, 2.75) is 0 Å². The predicted molar refractivity (Wildman–Crippen MR) is 155 cm³/mol. The van der Waals surface area contributed by atoms with Gasteiger partial charge in [-0.25, -0.2) is 0 Å². The lowest BCUT2D eigenvalue weighted by Crippen LogP contribution is -1.98. The largest absolute Gasteiger partial charge is 0.456 e. The molecule has 1 aliphatic heterocycles. The van der Waals surface area contributed by atoms with Gasteiger partial charge in [-0.15, -0.1) is 0 Å². The molecule has 1 aliphatic rings. The molecule has 0 radical (unpaired) electrons. The van der Waals surface area contributed by atoms with E-state index in [1.165, 1.54) is 0 Å². The summed E-state index contributed by atoms with van der Waals surface area (Å²) >= 11 is 0. The van der Waals surface area contributed by atoms with Crippen molar-refractivity contribution in [2.75, 3.05) is 0 Å².